The molecule has 0 saturated carbocycles. The Balaban J connectivity index is 2.93. The molecule has 0 atom stereocenters. The topological polar surface area (TPSA) is 0 Å². The summed E-state index contributed by atoms with van der Waals surface area (Å²) in [6.07, 6.45) is 1.28. The van der Waals surface area contributed by atoms with Crippen molar-refractivity contribution in [3.05, 3.63) is 21.2 Å². The molecular weight excluding hydrogens is 147 g/mol. The summed E-state index contributed by atoms with van der Waals surface area (Å²) in [6.45, 7) is 6.81. The molecule has 11 heavy (non-hydrogen) atoms. The van der Waals surface area contributed by atoms with E-state index in [1.807, 2.05) is 0 Å². The summed E-state index contributed by atoms with van der Waals surface area (Å²) in [5, 5.41) is 0. The number of allylic oxidation sites excluding steroid dienone is 4. The molecule has 1 aliphatic rings. The van der Waals surface area contributed by atoms with Gasteiger partial charge in [0.05, 0.1) is 0 Å². The molecule has 0 fully saturated rings. The third-order valence-electron chi connectivity index (χ3n) is 2.84. The van der Waals surface area contributed by atoms with E-state index in [2.05, 4.69) is 32.3 Å². The minimum atomic E-state index is -0.520. The third-order valence-corrected chi connectivity index (χ3v) is 4.87. The van der Waals surface area contributed by atoms with Gasteiger partial charge in [0.25, 0.3) is 14.1 Å². The van der Waals surface area contributed by atoms with Gasteiger partial charge in [-0.1, -0.05) is 16.7 Å². The molecule has 0 spiro atoms. The Hall–Kier alpha value is 0.0125. The van der Waals surface area contributed by atoms with E-state index in [4.69, 9.17) is 0 Å². The predicted molar refractivity (Wildman–Crippen MR) is 53.2 cm³/mol. The van der Waals surface area contributed by atoms with E-state index < -0.39 is 14.1 Å². The van der Waals surface area contributed by atoms with Crippen molar-refractivity contribution < 1.29 is 0 Å². The fraction of sp³-hybridized carbons (Fsp3) is 0.600. The molecule has 0 saturated heterocycles. The molecule has 0 aromatic rings. The van der Waals surface area contributed by atoms with Crippen LogP contribution in [0.4, 0.5) is 0 Å². The summed E-state index contributed by atoms with van der Waals surface area (Å²) in [4.78, 5) is 0. The second-order valence-electron chi connectivity index (χ2n) is 3.89. The molecule has 60 valence electrons. The predicted octanol–water partition coefficient (Wildman–Crippen LogP) is 3.34. The van der Waals surface area contributed by atoms with Gasteiger partial charge in [0.15, 0.2) is 0 Å². The Kier molecular flexibility index (Phi) is 2.62. The highest BCUT2D eigenvalue weighted by Crippen LogP contribution is 2.32. The molecule has 1 rings (SSSR count). The summed E-state index contributed by atoms with van der Waals surface area (Å²) in [5.41, 5.74) is 4.75. The van der Waals surface area contributed by atoms with E-state index in [9.17, 15) is 0 Å². The number of hydrogen-bond donors (Lipinski definition) is 0. The molecule has 0 aliphatic heterocycles. The van der Waals surface area contributed by atoms with E-state index in [1.54, 1.807) is 21.2 Å². The van der Waals surface area contributed by atoms with E-state index >= 15 is 0 Å². The summed E-state index contributed by atoms with van der Waals surface area (Å²) < 4.78 is 1.78. The zero-order valence-electron chi connectivity index (χ0n) is 8.28. The lowest BCUT2D eigenvalue weighted by Gasteiger charge is -2.04. The van der Waals surface area contributed by atoms with Crippen molar-refractivity contribution in [1.82, 2.24) is 0 Å². The van der Waals surface area contributed by atoms with Crippen molar-refractivity contribution in [3.8, 4) is 0 Å². The molecule has 0 unspecified atom stereocenters. The van der Waals surface area contributed by atoms with E-state index in [0.29, 0.717) is 0 Å². The van der Waals surface area contributed by atoms with Crippen LogP contribution in [0.25, 0.3) is 0 Å². The van der Waals surface area contributed by atoms with Crippen LogP contribution in [0.5, 0.6) is 0 Å². The molecule has 0 aromatic carbocycles. The first-order valence-electron chi connectivity index (χ1n) is 4.40. The van der Waals surface area contributed by atoms with Crippen molar-refractivity contribution in [3.63, 3.8) is 0 Å². The minimum Gasteiger partial charge on any atom is -0.124 e. The highest BCUT2D eigenvalue weighted by molar-refractivity contribution is 6.64. The zero-order chi connectivity index (χ0) is 8.59. The van der Waals surface area contributed by atoms with Crippen LogP contribution in [0, 0.1) is 0 Å². The normalized spacial score (nSPS) is 18.3. The molecule has 0 nitrogen and oxygen atoms in total. The molecule has 0 heterocycles. The molecular formula is C10H17Al. The minimum absolute atomic E-state index is 0.520. The summed E-state index contributed by atoms with van der Waals surface area (Å²) in [5.74, 6) is 4.84. The standard InChI is InChI=1S/C8H11.2CH3.Al/c1-6-4-5-7(2)8(6)3;;;/h4H2,1-3H3;2*1H3;. The fourth-order valence-electron chi connectivity index (χ4n) is 1.75. The van der Waals surface area contributed by atoms with Gasteiger partial charge >= 0.3 is 0 Å². The Morgan fingerprint density at radius 2 is 1.55 bits per heavy atom. The lowest BCUT2D eigenvalue weighted by Crippen LogP contribution is -2.05. The first kappa shape index (κ1) is 9.10. The molecule has 1 aliphatic carbocycles. The van der Waals surface area contributed by atoms with Crippen molar-refractivity contribution in [1.29, 1.82) is 0 Å². The van der Waals surface area contributed by atoms with Crippen LogP contribution in [-0.2, 0) is 0 Å². The first-order chi connectivity index (χ1) is 5.04. The van der Waals surface area contributed by atoms with Crippen LogP contribution in [-0.4, -0.2) is 14.1 Å². The van der Waals surface area contributed by atoms with E-state index in [-0.39, 0.29) is 0 Å². The van der Waals surface area contributed by atoms with Gasteiger partial charge < -0.3 is 0 Å². The van der Waals surface area contributed by atoms with Crippen LogP contribution in [0.1, 0.15) is 27.2 Å². The summed E-state index contributed by atoms with van der Waals surface area (Å²) in [6, 6.07) is 0. The Labute approximate surface area is 74.4 Å². The monoisotopic (exact) mass is 164 g/mol. The maximum atomic E-state index is 2.42. The average Bonchev–Trinajstić information content (AvgIpc) is 2.17. The molecule has 0 aromatic heterocycles. The maximum Gasteiger partial charge on any atom is 0.293 e. The zero-order valence-corrected chi connectivity index (χ0v) is 9.44. The quantitative estimate of drug-likeness (QED) is 0.521. The Bertz CT molecular complexity index is 231. The lowest BCUT2D eigenvalue weighted by molar-refractivity contribution is 1.19. The van der Waals surface area contributed by atoms with Crippen LogP contribution in [0.15, 0.2) is 21.2 Å². The Morgan fingerprint density at radius 3 is 1.73 bits per heavy atom. The van der Waals surface area contributed by atoms with Crippen LogP contribution >= 0.6 is 0 Å². The van der Waals surface area contributed by atoms with Crippen LogP contribution in [0.2, 0.25) is 11.6 Å². The SMILES string of the molecule is CC1=C(C)C(C)=[C]([Al]([CH3])[CH3])C1. The van der Waals surface area contributed by atoms with Crippen molar-refractivity contribution in [2.45, 2.75) is 38.8 Å². The maximum absolute atomic E-state index is 2.42. The van der Waals surface area contributed by atoms with E-state index in [1.165, 1.54) is 6.42 Å². The molecule has 0 radical (unpaired) electrons. The summed E-state index contributed by atoms with van der Waals surface area (Å²) in [7, 11) is 0. The number of hydrogen-bond acceptors (Lipinski definition) is 0. The van der Waals surface area contributed by atoms with Gasteiger partial charge in [0, 0.05) is 0 Å². The second kappa shape index (κ2) is 3.17. The number of rotatable bonds is 1. The third kappa shape index (κ3) is 1.60. The van der Waals surface area contributed by atoms with Gasteiger partial charge in [-0.15, -0.1) is 16.0 Å². The van der Waals surface area contributed by atoms with Crippen LogP contribution < -0.4 is 0 Å². The van der Waals surface area contributed by atoms with Gasteiger partial charge in [-0.05, 0) is 27.2 Å². The van der Waals surface area contributed by atoms with Crippen molar-refractivity contribution in [2.75, 3.05) is 0 Å². The smallest absolute Gasteiger partial charge is 0.124 e. The molecule has 1 heteroatoms. The fourth-order valence-corrected chi connectivity index (χ4v) is 3.55. The van der Waals surface area contributed by atoms with Gasteiger partial charge in [-0.25, -0.2) is 0 Å². The lowest BCUT2D eigenvalue weighted by atomic mass is 10.1. The Morgan fingerprint density at radius 1 is 1.00 bits per heavy atom. The van der Waals surface area contributed by atoms with Crippen molar-refractivity contribution >= 4 is 14.1 Å². The van der Waals surface area contributed by atoms with Gasteiger partial charge in [0.2, 0.25) is 0 Å². The van der Waals surface area contributed by atoms with Gasteiger partial charge in [-0.2, -0.15) is 0 Å². The largest absolute Gasteiger partial charge is 0.293 e. The highest BCUT2D eigenvalue weighted by atomic mass is 27.2. The van der Waals surface area contributed by atoms with Gasteiger partial charge in [-0.3, -0.25) is 0 Å². The summed E-state index contributed by atoms with van der Waals surface area (Å²) >= 11 is -0.520. The van der Waals surface area contributed by atoms with Gasteiger partial charge in [0.1, 0.15) is 0 Å². The first-order valence-corrected chi connectivity index (χ1v) is 7.29. The highest BCUT2D eigenvalue weighted by Gasteiger charge is 2.19. The van der Waals surface area contributed by atoms with E-state index in [0.717, 1.165) is 0 Å². The average molecular weight is 164 g/mol. The second-order valence-corrected chi connectivity index (χ2v) is 6.89. The molecule has 0 bridgehead atoms. The van der Waals surface area contributed by atoms with Crippen LogP contribution in [0.3, 0.4) is 0 Å². The van der Waals surface area contributed by atoms with Crippen molar-refractivity contribution in [2.24, 2.45) is 0 Å². The molecule has 0 N–H and O–H groups in total. The molecule has 0 amide bonds.